The van der Waals surface area contributed by atoms with Crippen molar-refractivity contribution in [2.45, 2.75) is 26.9 Å². The number of halogens is 2. The molecule has 1 fully saturated rings. The molecule has 28 heavy (non-hydrogen) atoms. The van der Waals surface area contributed by atoms with Crippen LogP contribution in [0.2, 0.25) is 0 Å². The molecule has 0 amide bonds. The van der Waals surface area contributed by atoms with Crippen LogP contribution in [-0.2, 0) is 0 Å². The maximum atomic E-state index is 10.4. The van der Waals surface area contributed by atoms with Crippen molar-refractivity contribution in [2.24, 2.45) is 0 Å². The number of β-amino-alcohol motifs (C(OH)–C–C–N with tert-alkyl or cyclic N) is 1. The Bertz CT molecular complexity index is 723. The van der Waals surface area contributed by atoms with Crippen LogP contribution in [0.3, 0.4) is 0 Å². The molecule has 1 saturated heterocycles. The summed E-state index contributed by atoms with van der Waals surface area (Å²) < 4.78 is 5.90. The van der Waals surface area contributed by atoms with Gasteiger partial charge in [0.05, 0.1) is 0 Å². The molecule has 1 aromatic carbocycles. The Morgan fingerprint density at radius 1 is 1.07 bits per heavy atom. The summed E-state index contributed by atoms with van der Waals surface area (Å²) in [5.74, 6) is 1.91. The second-order valence-corrected chi connectivity index (χ2v) is 7.15. The van der Waals surface area contributed by atoms with Crippen LogP contribution in [-0.4, -0.2) is 60.4 Å². The average molecular weight is 428 g/mol. The quantitative estimate of drug-likeness (QED) is 0.764. The summed E-state index contributed by atoms with van der Waals surface area (Å²) in [5.41, 5.74) is 3.55. The molecule has 1 aliphatic heterocycles. The molecule has 156 valence electrons. The van der Waals surface area contributed by atoms with Crippen molar-refractivity contribution in [3.63, 3.8) is 0 Å². The maximum Gasteiger partial charge on any atom is 0.128 e. The van der Waals surface area contributed by atoms with Crippen LogP contribution in [0, 0.1) is 20.8 Å². The molecule has 2 aromatic rings. The minimum atomic E-state index is -0.489. The highest BCUT2D eigenvalue weighted by Crippen LogP contribution is 2.23. The first-order valence-electron chi connectivity index (χ1n) is 9.30. The first kappa shape index (κ1) is 24.5. The van der Waals surface area contributed by atoms with E-state index < -0.39 is 6.10 Å². The van der Waals surface area contributed by atoms with E-state index in [9.17, 15) is 5.11 Å². The zero-order valence-corrected chi connectivity index (χ0v) is 18.4. The third kappa shape index (κ3) is 6.52. The van der Waals surface area contributed by atoms with Crippen molar-refractivity contribution in [1.82, 2.24) is 9.88 Å². The number of rotatable bonds is 6. The van der Waals surface area contributed by atoms with E-state index in [1.807, 2.05) is 30.5 Å². The van der Waals surface area contributed by atoms with Crippen LogP contribution in [0.25, 0.3) is 0 Å². The molecule has 0 bridgehead atoms. The van der Waals surface area contributed by atoms with Gasteiger partial charge in [0.1, 0.15) is 24.3 Å². The van der Waals surface area contributed by atoms with Gasteiger partial charge in [-0.05, 0) is 55.7 Å². The number of aryl methyl sites for hydroxylation is 2. The van der Waals surface area contributed by atoms with Gasteiger partial charge in [0.25, 0.3) is 0 Å². The van der Waals surface area contributed by atoms with Gasteiger partial charge in [-0.3, -0.25) is 4.90 Å². The number of aromatic nitrogens is 1. The van der Waals surface area contributed by atoms with E-state index in [1.165, 1.54) is 11.1 Å². The van der Waals surface area contributed by atoms with Crippen molar-refractivity contribution in [3.8, 4) is 5.75 Å². The highest BCUT2D eigenvalue weighted by atomic mass is 35.5. The largest absolute Gasteiger partial charge is 0.491 e. The molecule has 1 aromatic heterocycles. The van der Waals surface area contributed by atoms with Gasteiger partial charge in [0.15, 0.2) is 0 Å². The topological polar surface area (TPSA) is 48.8 Å². The molecule has 1 unspecified atom stereocenters. The van der Waals surface area contributed by atoms with E-state index in [-0.39, 0.29) is 24.8 Å². The molecular weight excluding hydrogens is 397 g/mol. The van der Waals surface area contributed by atoms with Crippen LogP contribution in [0.4, 0.5) is 5.82 Å². The lowest BCUT2D eigenvalue weighted by atomic mass is 10.1. The summed E-state index contributed by atoms with van der Waals surface area (Å²) in [6.45, 7) is 10.9. The highest BCUT2D eigenvalue weighted by Gasteiger charge is 2.20. The van der Waals surface area contributed by atoms with E-state index in [2.05, 4.69) is 41.6 Å². The van der Waals surface area contributed by atoms with Crippen molar-refractivity contribution in [2.75, 3.05) is 44.2 Å². The summed E-state index contributed by atoms with van der Waals surface area (Å²) in [5, 5.41) is 10.4. The molecule has 3 rings (SSSR count). The second kappa shape index (κ2) is 11.5. The Balaban J connectivity index is 0.00000196. The minimum absolute atomic E-state index is 0. The standard InChI is InChI=1S/C21H29N3O2.2ClH/c1-16-12-17(2)18(3)20(13-16)26-15-19(25)14-23-8-10-24(11-9-23)21-6-4-5-7-22-21;;/h4-7,12-13,19,25H,8-11,14-15H2,1-3H3;2*1H. The van der Waals surface area contributed by atoms with Crippen LogP contribution in [0.1, 0.15) is 16.7 Å². The minimum Gasteiger partial charge on any atom is -0.491 e. The zero-order valence-electron chi connectivity index (χ0n) is 16.8. The molecule has 1 aliphatic rings. The number of anilines is 1. The van der Waals surface area contributed by atoms with Gasteiger partial charge in [-0.1, -0.05) is 12.1 Å². The fourth-order valence-electron chi connectivity index (χ4n) is 3.39. The van der Waals surface area contributed by atoms with Gasteiger partial charge in [0.2, 0.25) is 0 Å². The number of ether oxygens (including phenoxy) is 1. The Kier molecular flexibility index (Phi) is 10.0. The van der Waals surface area contributed by atoms with Gasteiger partial charge < -0.3 is 14.7 Å². The number of pyridine rings is 1. The average Bonchev–Trinajstić information content (AvgIpc) is 2.65. The smallest absolute Gasteiger partial charge is 0.128 e. The number of aliphatic hydroxyl groups is 1. The number of aliphatic hydroxyl groups excluding tert-OH is 1. The van der Waals surface area contributed by atoms with E-state index in [0.29, 0.717) is 13.2 Å². The second-order valence-electron chi connectivity index (χ2n) is 7.15. The number of piperazine rings is 1. The molecular formula is C21H31Cl2N3O2. The van der Waals surface area contributed by atoms with E-state index in [1.54, 1.807) is 0 Å². The van der Waals surface area contributed by atoms with Crippen LogP contribution in [0.5, 0.6) is 5.75 Å². The van der Waals surface area contributed by atoms with Gasteiger partial charge in [-0.2, -0.15) is 0 Å². The number of nitrogens with zero attached hydrogens (tertiary/aromatic N) is 3. The maximum absolute atomic E-state index is 10.4. The number of benzene rings is 1. The van der Waals surface area contributed by atoms with Crippen molar-refractivity contribution in [1.29, 1.82) is 0 Å². The lowest BCUT2D eigenvalue weighted by molar-refractivity contribution is 0.0660. The van der Waals surface area contributed by atoms with Gasteiger partial charge in [-0.25, -0.2) is 4.98 Å². The fraction of sp³-hybridized carbons (Fsp3) is 0.476. The summed E-state index contributed by atoms with van der Waals surface area (Å²) in [7, 11) is 0. The predicted octanol–water partition coefficient (Wildman–Crippen LogP) is 3.41. The van der Waals surface area contributed by atoms with E-state index >= 15 is 0 Å². The van der Waals surface area contributed by atoms with Crippen molar-refractivity contribution in [3.05, 3.63) is 53.2 Å². The van der Waals surface area contributed by atoms with Crippen LogP contribution < -0.4 is 9.64 Å². The first-order chi connectivity index (χ1) is 12.5. The summed E-state index contributed by atoms with van der Waals surface area (Å²) in [6.07, 6.45) is 1.34. The first-order valence-corrected chi connectivity index (χ1v) is 9.30. The lowest BCUT2D eigenvalue weighted by Crippen LogP contribution is -2.49. The highest BCUT2D eigenvalue weighted by molar-refractivity contribution is 5.85. The molecule has 1 N–H and O–H groups in total. The summed E-state index contributed by atoms with van der Waals surface area (Å²) in [6, 6.07) is 10.2. The summed E-state index contributed by atoms with van der Waals surface area (Å²) >= 11 is 0. The Morgan fingerprint density at radius 2 is 1.79 bits per heavy atom. The Morgan fingerprint density at radius 3 is 2.43 bits per heavy atom. The van der Waals surface area contributed by atoms with Crippen molar-refractivity contribution < 1.29 is 9.84 Å². The fourth-order valence-corrected chi connectivity index (χ4v) is 3.39. The molecule has 7 heteroatoms. The molecule has 2 heterocycles. The molecule has 0 radical (unpaired) electrons. The molecule has 0 spiro atoms. The normalized spacial score (nSPS) is 15.4. The van der Waals surface area contributed by atoms with Gasteiger partial charge in [0, 0.05) is 38.9 Å². The van der Waals surface area contributed by atoms with E-state index in [0.717, 1.165) is 43.3 Å². The number of hydrogen-bond donors (Lipinski definition) is 1. The predicted molar refractivity (Wildman–Crippen MR) is 120 cm³/mol. The van der Waals surface area contributed by atoms with Gasteiger partial charge >= 0.3 is 0 Å². The van der Waals surface area contributed by atoms with E-state index in [4.69, 9.17) is 4.74 Å². The third-order valence-corrected chi connectivity index (χ3v) is 5.01. The monoisotopic (exact) mass is 427 g/mol. The van der Waals surface area contributed by atoms with Crippen LogP contribution in [0.15, 0.2) is 36.5 Å². The third-order valence-electron chi connectivity index (χ3n) is 5.01. The molecule has 5 nitrogen and oxygen atoms in total. The van der Waals surface area contributed by atoms with Crippen molar-refractivity contribution >= 4 is 30.6 Å². The van der Waals surface area contributed by atoms with Gasteiger partial charge in [-0.15, -0.1) is 24.8 Å². The van der Waals surface area contributed by atoms with Crippen LogP contribution >= 0.6 is 24.8 Å². The molecule has 1 atom stereocenters. The Hall–Kier alpha value is -1.53. The lowest BCUT2D eigenvalue weighted by Gasteiger charge is -2.36. The summed E-state index contributed by atoms with van der Waals surface area (Å²) in [4.78, 5) is 9.00. The zero-order chi connectivity index (χ0) is 18.5. The Labute approximate surface area is 180 Å². The SMILES string of the molecule is Cc1cc(C)c(C)c(OCC(O)CN2CCN(c3ccccn3)CC2)c1.Cl.Cl. The molecule has 0 saturated carbocycles. The number of hydrogen-bond acceptors (Lipinski definition) is 5. The molecule has 0 aliphatic carbocycles.